The van der Waals surface area contributed by atoms with E-state index < -0.39 is 29.9 Å². The molecule has 1 saturated heterocycles. The highest BCUT2D eigenvalue weighted by atomic mass is 16.4. The number of likely N-dealkylation sites (tertiary alicyclic amines) is 1. The molecule has 1 aromatic carbocycles. The van der Waals surface area contributed by atoms with Crippen LogP contribution < -0.4 is 5.32 Å². The Balaban J connectivity index is 2.11. The molecule has 2 unspecified atom stereocenters. The SMILES string of the molecule is CCC(NC(=O)N1C(=O)[C@@H](CC=O)C1C(=O)O)c1ccccc1. The van der Waals surface area contributed by atoms with Gasteiger partial charge in [0.05, 0.1) is 12.0 Å². The van der Waals surface area contributed by atoms with Gasteiger partial charge in [0.1, 0.15) is 6.29 Å². The maximum atomic E-state index is 12.3. The van der Waals surface area contributed by atoms with Gasteiger partial charge in [-0.1, -0.05) is 37.3 Å². The minimum absolute atomic E-state index is 0.199. The zero-order valence-corrected chi connectivity index (χ0v) is 12.6. The number of aldehydes is 1. The van der Waals surface area contributed by atoms with Crippen molar-refractivity contribution in [3.63, 3.8) is 0 Å². The maximum absolute atomic E-state index is 12.3. The number of benzene rings is 1. The number of hydrogen-bond acceptors (Lipinski definition) is 4. The Morgan fingerprint density at radius 1 is 1.35 bits per heavy atom. The average Bonchev–Trinajstić information content (AvgIpc) is 2.55. The lowest BCUT2D eigenvalue weighted by molar-refractivity contribution is -0.166. The molecule has 7 heteroatoms. The first-order valence-corrected chi connectivity index (χ1v) is 7.36. The Labute approximate surface area is 133 Å². The second-order valence-electron chi connectivity index (χ2n) is 5.32. The predicted molar refractivity (Wildman–Crippen MR) is 80.4 cm³/mol. The third-order valence-electron chi connectivity index (χ3n) is 3.94. The molecule has 0 aromatic heterocycles. The minimum Gasteiger partial charge on any atom is -0.480 e. The van der Waals surface area contributed by atoms with E-state index in [0.29, 0.717) is 17.6 Å². The number of nitrogens with zero attached hydrogens (tertiary/aromatic N) is 1. The number of aliphatic carboxylic acids is 1. The summed E-state index contributed by atoms with van der Waals surface area (Å²) in [6.45, 7) is 1.87. The van der Waals surface area contributed by atoms with Crippen molar-refractivity contribution in [3.8, 4) is 0 Å². The van der Waals surface area contributed by atoms with E-state index in [-0.39, 0.29) is 12.5 Å². The summed E-state index contributed by atoms with van der Waals surface area (Å²) in [5.41, 5.74) is 0.868. The lowest BCUT2D eigenvalue weighted by atomic mass is 9.85. The van der Waals surface area contributed by atoms with Crippen molar-refractivity contribution in [2.45, 2.75) is 31.8 Å². The fourth-order valence-electron chi connectivity index (χ4n) is 2.72. The van der Waals surface area contributed by atoms with Gasteiger partial charge in [-0.2, -0.15) is 0 Å². The average molecular weight is 318 g/mol. The number of carbonyl (C=O) groups is 4. The van der Waals surface area contributed by atoms with E-state index in [1.165, 1.54) is 0 Å². The molecular formula is C16H18N2O5. The number of rotatable bonds is 6. The van der Waals surface area contributed by atoms with E-state index in [1.54, 1.807) is 0 Å². The fraction of sp³-hybridized carbons (Fsp3) is 0.375. The van der Waals surface area contributed by atoms with Crippen molar-refractivity contribution in [2.24, 2.45) is 5.92 Å². The van der Waals surface area contributed by atoms with Crippen LogP contribution in [-0.2, 0) is 14.4 Å². The molecule has 3 atom stereocenters. The van der Waals surface area contributed by atoms with E-state index in [4.69, 9.17) is 0 Å². The Hall–Kier alpha value is -2.70. The van der Waals surface area contributed by atoms with Crippen LogP contribution in [0.15, 0.2) is 30.3 Å². The Morgan fingerprint density at radius 3 is 2.52 bits per heavy atom. The monoisotopic (exact) mass is 318 g/mol. The normalized spacial score (nSPS) is 21.3. The van der Waals surface area contributed by atoms with E-state index in [2.05, 4.69) is 5.32 Å². The number of hydrogen-bond donors (Lipinski definition) is 2. The first kappa shape index (κ1) is 16.7. The predicted octanol–water partition coefficient (Wildman–Crippen LogP) is 1.35. The quantitative estimate of drug-likeness (QED) is 0.608. The van der Waals surface area contributed by atoms with Gasteiger partial charge < -0.3 is 15.2 Å². The van der Waals surface area contributed by atoms with Crippen LogP contribution in [0.25, 0.3) is 0 Å². The summed E-state index contributed by atoms with van der Waals surface area (Å²) in [4.78, 5) is 46.7. The lowest BCUT2D eigenvalue weighted by Gasteiger charge is -2.42. The van der Waals surface area contributed by atoms with Gasteiger partial charge in [0.25, 0.3) is 0 Å². The number of carbonyl (C=O) groups excluding carboxylic acids is 3. The molecule has 7 nitrogen and oxygen atoms in total. The highest BCUT2D eigenvalue weighted by Gasteiger charge is 2.54. The Bertz CT molecular complexity index is 616. The number of β-lactam (4-membered cyclic amide) rings is 1. The zero-order chi connectivity index (χ0) is 17.0. The standard InChI is InChI=1S/C16H18N2O5/c1-2-12(10-6-4-3-5-7-10)17-16(23)18-13(15(21)22)11(8-9-19)14(18)20/h3-7,9,11-13H,2,8H2,1H3,(H,17,23)(H,21,22)/t11-,12?,13?/m0/s1. The molecular weight excluding hydrogens is 300 g/mol. The van der Waals surface area contributed by atoms with Crippen LogP contribution in [0.5, 0.6) is 0 Å². The van der Waals surface area contributed by atoms with Crippen molar-refractivity contribution >= 4 is 24.2 Å². The molecule has 1 aromatic rings. The smallest absolute Gasteiger partial charge is 0.327 e. The molecule has 0 saturated carbocycles. The molecule has 0 radical (unpaired) electrons. The molecule has 1 fully saturated rings. The fourth-order valence-corrected chi connectivity index (χ4v) is 2.72. The van der Waals surface area contributed by atoms with Crippen molar-refractivity contribution in [3.05, 3.63) is 35.9 Å². The number of carboxylic acids is 1. The minimum atomic E-state index is -1.29. The van der Waals surface area contributed by atoms with Crippen molar-refractivity contribution in [1.29, 1.82) is 0 Å². The lowest BCUT2D eigenvalue weighted by Crippen LogP contribution is -2.68. The van der Waals surface area contributed by atoms with Crippen LogP contribution in [0, 0.1) is 5.92 Å². The van der Waals surface area contributed by atoms with Crippen LogP contribution in [0.4, 0.5) is 4.79 Å². The maximum Gasteiger partial charge on any atom is 0.327 e. The highest BCUT2D eigenvalue weighted by molar-refractivity contribution is 6.08. The summed E-state index contributed by atoms with van der Waals surface area (Å²) >= 11 is 0. The summed E-state index contributed by atoms with van der Waals surface area (Å²) in [6.07, 6.45) is 0.884. The van der Waals surface area contributed by atoms with Gasteiger partial charge in [0.2, 0.25) is 5.91 Å². The van der Waals surface area contributed by atoms with Crippen molar-refractivity contribution in [1.82, 2.24) is 10.2 Å². The summed E-state index contributed by atoms with van der Waals surface area (Å²) < 4.78 is 0. The number of nitrogens with one attached hydrogen (secondary N) is 1. The number of carboxylic acid groups (broad SMARTS) is 1. The molecule has 0 aliphatic carbocycles. The van der Waals surface area contributed by atoms with Gasteiger partial charge in [0.15, 0.2) is 6.04 Å². The zero-order valence-electron chi connectivity index (χ0n) is 12.6. The van der Waals surface area contributed by atoms with E-state index in [0.717, 1.165) is 5.56 Å². The van der Waals surface area contributed by atoms with Crippen LogP contribution >= 0.6 is 0 Å². The third kappa shape index (κ3) is 3.23. The largest absolute Gasteiger partial charge is 0.480 e. The second kappa shape index (κ2) is 7.04. The summed E-state index contributed by atoms with van der Waals surface area (Å²) in [6, 6.07) is 6.84. The molecule has 2 rings (SSSR count). The third-order valence-corrected chi connectivity index (χ3v) is 3.94. The molecule has 1 heterocycles. The van der Waals surface area contributed by atoms with Gasteiger partial charge in [-0.3, -0.25) is 4.79 Å². The Kier molecular flexibility index (Phi) is 5.10. The molecule has 23 heavy (non-hydrogen) atoms. The van der Waals surface area contributed by atoms with Gasteiger partial charge in [-0.05, 0) is 12.0 Å². The summed E-state index contributed by atoms with van der Waals surface area (Å²) in [7, 11) is 0. The molecule has 0 spiro atoms. The Morgan fingerprint density at radius 2 is 2.00 bits per heavy atom. The molecule has 122 valence electrons. The highest BCUT2D eigenvalue weighted by Crippen LogP contribution is 2.30. The van der Waals surface area contributed by atoms with E-state index in [1.807, 2.05) is 37.3 Å². The van der Waals surface area contributed by atoms with Gasteiger partial charge in [-0.25, -0.2) is 14.5 Å². The van der Waals surface area contributed by atoms with Gasteiger partial charge in [0, 0.05) is 6.42 Å². The van der Waals surface area contributed by atoms with Gasteiger partial charge >= 0.3 is 12.0 Å². The van der Waals surface area contributed by atoms with Crippen LogP contribution in [0.1, 0.15) is 31.4 Å². The van der Waals surface area contributed by atoms with Crippen LogP contribution in [-0.4, -0.2) is 40.2 Å². The van der Waals surface area contributed by atoms with Crippen molar-refractivity contribution < 1.29 is 24.3 Å². The number of urea groups is 1. The first-order valence-electron chi connectivity index (χ1n) is 7.36. The van der Waals surface area contributed by atoms with Crippen LogP contribution in [0.2, 0.25) is 0 Å². The summed E-state index contributed by atoms with van der Waals surface area (Å²) in [5, 5.41) is 11.9. The second-order valence-corrected chi connectivity index (χ2v) is 5.32. The number of amides is 3. The van der Waals surface area contributed by atoms with E-state index >= 15 is 0 Å². The summed E-state index contributed by atoms with van der Waals surface area (Å²) in [5.74, 6) is -2.89. The number of imide groups is 1. The van der Waals surface area contributed by atoms with E-state index in [9.17, 15) is 24.3 Å². The van der Waals surface area contributed by atoms with Crippen LogP contribution in [0.3, 0.4) is 0 Å². The molecule has 0 bridgehead atoms. The topological polar surface area (TPSA) is 104 Å². The van der Waals surface area contributed by atoms with Crippen molar-refractivity contribution in [2.75, 3.05) is 0 Å². The molecule has 1 aliphatic rings. The molecule has 3 amide bonds. The molecule has 1 aliphatic heterocycles. The molecule has 2 N–H and O–H groups in total. The first-order chi connectivity index (χ1) is 11.0. The van der Waals surface area contributed by atoms with Gasteiger partial charge in [-0.15, -0.1) is 0 Å².